The van der Waals surface area contributed by atoms with Crippen molar-refractivity contribution in [3.63, 3.8) is 0 Å². The van der Waals surface area contributed by atoms with Crippen molar-refractivity contribution in [3.05, 3.63) is 47.3 Å². The SMILES string of the molecule is Cc1ccc(C(C)C)c(Oc2ncc(CC(C)N)cn2)c1. The smallest absolute Gasteiger partial charge is 0.321 e. The molecule has 112 valence electrons. The molecule has 21 heavy (non-hydrogen) atoms. The number of aromatic nitrogens is 2. The Kier molecular flexibility index (Phi) is 4.91. The summed E-state index contributed by atoms with van der Waals surface area (Å²) in [6.07, 6.45) is 4.31. The lowest BCUT2D eigenvalue weighted by Gasteiger charge is -2.13. The first kappa shape index (κ1) is 15.4. The van der Waals surface area contributed by atoms with Crippen LogP contribution in [0.2, 0.25) is 0 Å². The first-order valence-electron chi connectivity index (χ1n) is 7.30. The van der Waals surface area contributed by atoms with Crippen LogP contribution in [0.25, 0.3) is 0 Å². The standard InChI is InChI=1S/C17H23N3O/c1-11(2)15-6-5-12(3)7-16(15)21-17-19-9-14(10-20-17)8-13(4)18/h5-7,9-11,13H,8,18H2,1-4H3. The second-order valence-corrected chi connectivity index (χ2v) is 5.85. The highest BCUT2D eigenvalue weighted by Gasteiger charge is 2.10. The van der Waals surface area contributed by atoms with E-state index >= 15 is 0 Å². The van der Waals surface area contributed by atoms with Crippen molar-refractivity contribution in [2.75, 3.05) is 0 Å². The summed E-state index contributed by atoms with van der Waals surface area (Å²) in [7, 11) is 0. The maximum Gasteiger partial charge on any atom is 0.321 e. The largest absolute Gasteiger partial charge is 0.424 e. The fourth-order valence-corrected chi connectivity index (χ4v) is 2.18. The molecule has 1 aromatic carbocycles. The predicted molar refractivity (Wildman–Crippen MR) is 84.7 cm³/mol. The minimum atomic E-state index is 0.102. The summed E-state index contributed by atoms with van der Waals surface area (Å²) in [5.41, 5.74) is 9.10. The molecule has 0 spiro atoms. The molecule has 2 N–H and O–H groups in total. The van der Waals surface area contributed by atoms with Crippen LogP contribution in [-0.2, 0) is 6.42 Å². The van der Waals surface area contributed by atoms with Crippen LogP contribution >= 0.6 is 0 Å². The van der Waals surface area contributed by atoms with E-state index in [9.17, 15) is 0 Å². The number of aryl methyl sites for hydroxylation is 1. The van der Waals surface area contributed by atoms with Gasteiger partial charge in [0.15, 0.2) is 0 Å². The average molecular weight is 285 g/mol. The van der Waals surface area contributed by atoms with Crippen LogP contribution in [-0.4, -0.2) is 16.0 Å². The molecular weight excluding hydrogens is 262 g/mol. The highest BCUT2D eigenvalue weighted by Crippen LogP contribution is 2.30. The molecule has 4 nitrogen and oxygen atoms in total. The van der Waals surface area contributed by atoms with E-state index in [-0.39, 0.29) is 6.04 Å². The van der Waals surface area contributed by atoms with E-state index in [1.54, 1.807) is 12.4 Å². The topological polar surface area (TPSA) is 61.0 Å². The molecule has 2 aromatic rings. The van der Waals surface area contributed by atoms with E-state index in [1.165, 1.54) is 0 Å². The Morgan fingerprint density at radius 1 is 1.14 bits per heavy atom. The Morgan fingerprint density at radius 3 is 2.38 bits per heavy atom. The molecule has 1 aromatic heterocycles. The van der Waals surface area contributed by atoms with Gasteiger partial charge in [0.1, 0.15) is 5.75 Å². The second kappa shape index (κ2) is 6.68. The van der Waals surface area contributed by atoms with Crippen molar-refractivity contribution in [1.82, 2.24) is 9.97 Å². The van der Waals surface area contributed by atoms with Gasteiger partial charge in [-0.15, -0.1) is 0 Å². The van der Waals surface area contributed by atoms with Crippen molar-refractivity contribution in [2.24, 2.45) is 5.73 Å². The van der Waals surface area contributed by atoms with Gasteiger partial charge in [0.05, 0.1) is 0 Å². The van der Waals surface area contributed by atoms with E-state index in [0.717, 1.165) is 28.9 Å². The summed E-state index contributed by atoms with van der Waals surface area (Å²) in [5, 5.41) is 0. The lowest BCUT2D eigenvalue weighted by atomic mass is 10.0. The average Bonchev–Trinajstić information content (AvgIpc) is 2.40. The van der Waals surface area contributed by atoms with E-state index in [1.807, 2.05) is 19.9 Å². The fraction of sp³-hybridized carbons (Fsp3) is 0.412. The number of hydrogen-bond acceptors (Lipinski definition) is 4. The van der Waals surface area contributed by atoms with Crippen LogP contribution in [0.3, 0.4) is 0 Å². The fourth-order valence-electron chi connectivity index (χ4n) is 2.18. The van der Waals surface area contributed by atoms with Gasteiger partial charge < -0.3 is 10.5 Å². The van der Waals surface area contributed by atoms with Gasteiger partial charge in [0, 0.05) is 18.4 Å². The molecule has 0 bridgehead atoms. The number of nitrogens with two attached hydrogens (primary N) is 1. The third-order valence-corrected chi connectivity index (χ3v) is 3.23. The van der Waals surface area contributed by atoms with Gasteiger partial charge in [-0.1, -0.05) is 26.0 Å². The van der Waals surface area contributed by atoms with Crippen LogP contribution in [0.1, 0.15) is 43.4 Å². The minimum absolute atomic E-state index is 0.102. The monoisotopic (exact) mass is 285 g/mol. The third kappa shape index (κ3) is 4.26. The molecule has 0 fully saturated rings. The van der Waals surface area contributed by atoms with Gasteiger partial charge in [-0.3, -0.25) is 0 Å². The lowest BCUT2D eigenvalue weighted by molar-refractivity contribution is 0.433. The molecular formula is C17H23N3O. The van der Waals surface area contributed by atoms with E-state index in [2.05, 4.69) is 35.9 Å². The molecule has 0 saturated heterocycles. The number of ether oxygens (including phenoxy) is 1. The quantitative estimate of drug-likeness (QED) is 0.912. The second-order valence-electron chi connectivity index (χ2n) is 5.85. The lowest BCUT2D eigenvalue weighted by Crippen LogP contribution is -2.18. The zero-order valence-corrected chi connectivity index (χ0v) is 13.1. The third-order valence-electron chi connectivity index (χ3n) is 3.23. The molecule has 0 aliphatic carbocycles. The Bertz CT molecular complexity index is 591. The van der Waals surface area contributed by atoms with E-state index < -0.39 is 0 Å². The molecule has 1 unspecified atom stereocenters. The summed E-state index contributed by atoms with van der Waals surface area (Å²) in [6.45, 7) is 8.30. The van der Waals surface area contributed by atoms with Gasteiger partial charge in [0.25, 0.3) is 0 Å². The summed E-state index contributed by atoms with van der Waals surface area (Å²) >= 11 is 0. The van der Waals surface area contributed by atoms with Crippen LogP contribution < -0.4 is 10.5 Å². The van der Waals surface area contributed by atoms with E-state index in [0.29, 0.717) is 11.9 Å². The first-order valence-corrected chi connectivity index (χ1v) is 7.30. The number of hydrogen-bond donors (Lipinski definition) is 1. The zero-order valence-electron chi connectivity index (χ0n) is 13.1. The predicted octanol–water partition coefficient (Wildman–Crippen LogP) is 3.59. The maximum absolute atomic E-state index is 5.86. The minimum Gasteiger partial charge on any atom is -0.424 e. The van der Waals surface area contributed by atoms with Gasteiger partial charge >= 0.3 is 6.01 Å². The van der Waals surface area contributed by atoms with Crippen molar-refractivity contribution < 1.29 is 4.74 Å². The molecule has 0 saturated carbocycles. The highest BCUT2D eigenvalue weighted by atomic mass is 16.5. The van der Waals surface area contributed by atoms with E-state index in [4.69, 9.17) is 10.5 Å². The summed E-state index contributed by atoms with van der Waals surface area (Å²) in [5.74, 6) is 1.21. The molecule has 1 heterocycles. The Morgan fingerprint density at radius 2 is 1.81 bits per heavy atom. The molecule has 2 rings (SSSR count). The van der Waals surface area contributed by atoms with Gasteiger partial charge in [-0.2, -0.15) is 0 Å². The van der Waals surface area contributed by atoms with Crippen LogP contribution in [0, 0.1) is 6.92 Å². The molecule has 0 aliphatic heterocycles. The molecule has 1 atom stereocenters. The number of nitrogens with zero attached hydrogens (tertiary/aromatic N) is 2. The number of benzene rings is 1. The highest BCUT2D eigenvalue weighted by molar-refractivity contribution is 5.40. The summed E-state index contributed by atoms with van der Waals surface area (Å²) < 4.78 is 5.86. The molecule has 4 heteroatoms. The van der Waals surface area contributed by atoms with Crippen LogP contribution in [0.5, 0.6) is 11.8 Å². The van der Waals surface area contributed by atoms with Gasteiger partial charge in [0.2, 0.25) is 0 Å². The van der Waals surface area contributed by atoms with Crippen molar-refractivity contribution >= 4 is 0 Å². The first-order chi connectivity index (χ1) is 9.95. The number of rotatable bonds is 5. The Balaban J connectivity index is 2.20. The van der Waals surface area contributed by atoms with Gasteiger partial charge in [-0.25, -0.2) is 9.97 Å². The molecule has 0 aliphatic rings. The molecule has 0 amide bonds. The molecule has 0 radical (unpaired) electrons. The summed E-state index contributed by atoms with van der Waals surface area (Å²) in [4.78, 5) is 8.54. The summed E-state index contributed by atoms with van der Waals surface area (Å²) in [6, 6.07) is 6.68. The zero-order chi connectivity index (χ0) is 15.4. The van der Waals surface area contributed by atoms with Crippen molar-refractivity contribution in [1.29, 1.82) is 0 Å². The Hall–Kier alpha value is -1.94. The Labute approximate surface area is 126 Å². The van der Waals surface area contributed by atoms with Crippen molar-refractivity contribution in [3.8, 4) is 11.8 Å². The van der Waals surface area contributed by atoms with Crippen molar-refractivity contribution in [2.45, 2.75) is 46.1 Å². The van der Waals surface area contributed by atoms with Crippen LogP contribution in [0.4, 0.5) is 0 Å². The maximum atomic E-state index is 5.86. The van der Waals surface area contributed by atoms with Crippen LogP contribution in [0.15, 0.2) is 30.6 Å². The normalized spacial score (nSPS) is 12.5. The van der Waals surface area contributed by atoms with Gasteiger partial charge in [-0.05, 0) is 48.9 Å².